The highest BCUT2D eigenvalue weighted by Gasteiger charge is 2.44. The third kappa shape index (κ3) is 6.45. The Morgan fingerprint density at radius 1 is 1.00 bits per heavy atom. The predicted molar refractivity (Wildman–Crippen MR) is 134 cm³/mol. The molecule has 4 rings (SSSR count). The fourth-order valence-corrected chi connectivity index (χ4v) is 5.59. The average molecular weight is 576 g/mol. The van der Waals surface area contributed by atoms with Crippen molar-refractivity contribution < 1.29 is 35.9 Å². The summed E-state index contributed by atoms with van der Waals surface area (Å²) in [5, 5.41) is -0.193. The molecular weight excluding hydrogens is 548 g/mol. The molecule has 1 heterocycles. The first-order valence-electron chi connectivity index (χ1n) is 12.5. The Bertz CT molecular complexity index is 1210. The molecule has 0 spiro atoms. The van der Waals surface area contributed by atoms with Gasteiger partial charge in [-0.15, -0.1) is 0 Å². The van der Waals surface area contributed by atoms with E-state index < -0.39 is 47.4 Å². The van der Waals surface area contributed by atoms with Crippen LogP contribution in [-0.2, 0) is 11.0 Å². The predicted octanol–water partition coefficient (Wildman–Crippen LogP) is 6.81. The molecule has 2 aliphatic rings. The van der Waals surface area contributed by atoms with Crippen molar-refractivity contribution in [2.24, 2.45) is 5.92 Å². The highest BCUT2D eigenvalue weighted by molar-refractivity contribution is 6.31. The van der Waals surface area contributed by atoms with Gasteiger partial charge in [0.2, 0.25) is 11.8 Å². The Labute approximate surface area is 227 Å². The van der Waals surface area contributed by atoms with E-state index in [2.05, 4.69) is 0 Å². The van der Waals surface area contributed by atoms with E-state index in [9.17, 15) is 35.9 Å². The lowest BCUT2D eigenvalue weighted by Crippen LogP contribution is -2.48. The molecular formula is C27H28ClF6N3O2. The summed E-state index contributed by atoms with van der Waals surface area (Å²) in [7, 11) is 2.79. The zero-order chi connectivity index (χ0) is 28.7. The summed E-state index contributed by atoms with van der Waals surface area (Å²) in [5.74, 6) is -4.53. The van der Waals surface area contributed by atoms with Crippen molar-refractivity contribution >= 4 is 29.2 Å². The standard InChI is InChI=1S/C27H28ClF6N3O2/c1-35(21-12-18(27(32,33)34)11-19(28)13-21)25(39)36(2)23-15-37(14-22(23)16-3-5-20(29)6-4-16)24(38)17-7-9-26(30,31)10-8-17/h3-6,11-13,17,22-23H,7-10,14-15H2,1-2H3/t22-,23+/m0/s1. The van der Waals surface area contributed by atoms with Crippen LogP contribution in [0.25, 0.3) is 0 Å². The highest BCUT2D eigenvalue weighted by atomic mass is 35.5. The van der Waals surface area contributed by atoms with Crippen molar-refractivity contribution in [1.82, 2.24) is 9.80 Å². The van der Waals surface area contributed by atoms with E-state index in [1.807, 2.05) is 0 Å². The Morgan fingerprint density at radius 2 is 1.62 bits per heavy atom. The van der Waals surface area contributed by atoms with E-state index >= 15 is 0 Å². The summed E-state index contributed by atoms with van der Waals surface area (Å²) < 4.78 is 80.9. The number of carbonyl (C=O) groups is 2. The van der Waals surface area contributed by atoms with Gasteiger partial charge in [0, 0.05) is 62.6 Å². The van der Waals surface area contributed by atoms with Gasteiger partial charge in [0.1, 0.15) is 5.82 Å². The fourth-order valence-electron chi connectivity index (χ4n) is 5.36. The molecule has 0 radical (unpaired) electrons. The molecule has 1 saturated carbocycles. The van der Waals surface area contributed by atoms with Crippen molar-refractivity contribution in [3.05, 3.63) is 64.4 Å². The van der Waals surface area contributed by atoms with Gasteiger partial charge in [0.25, 0.3) is 0 Å². The zero-order valence-electron chi connectivity index (χ0n) is 21.3. The van der Waals surface area contributed by atoms with E-state index in [1.54, 1.807) is 12.1 Å². The molecule has 2 atom stereocenters. The summed E-state index contributed by atoms with van der Waals surface area (Å²) in [5.41, 5.74) is -0.414. The SMILES string of the molecule is CN(C(=O)N(C)[C@@H]1CN(C(=O)C2CCC(F)(F)CC2)C[C@H]1c1ccc(F)cc1)c1cc(Cl)cc(C(F)(F)F)c1. The lowest BCUT2D eigenvalue weighted by atomic mass is 9.86. The van der Waals surface area contributed by atoms with Crippen LogP contribution < -0.4 is 4.90 Å². The molecule has 212 valence electrons. The molecule has 2 aromatic rings. The minimum absolute atomic E-state index is 0.0576. The first-order valence-corrected chi connectivity index (χ1v) is 12.8. The van der Waals surface area contributed by atoms with Crippen molar-refractivity contribution in [3.8, 4) is 0 Å². The smallest absolute Gasteiger partial charge is 0.340 e. The quantitative estimate of drug-likeness (QED) is 0.376. The van der Waals surface area contributed by atoms with Gasteiger partial charge in [-0.2, -0.15) is 13.2 Å². The lowest BCUT2D eigenvalue weighted by molar-refractivity contribution is -0.139. The lowest BCUT2D eigenvalue weighted by Gasteiger charge is -2.33. The summed E-state index contributed by atoms with van der Waals surface area (Å²) in [4.78, 5) is 30.7. The topological polar surface area (TPSA) is 43.9 Å². The first kappa shape index (κ1) is 29.0. The third-order valence-electron chi connectivity index (χ3n) is 7.65. The Balaban J connectivity index is 1.58. The van der Waals surface area contributed by atoms with Crippen LogP contribution in [0.4, 0.5) is 36.8 Å². The molecule has 12 heteroatoms. The molecule has 5 nitrogen and oxygen atoms in total. The van der Waals surface area contributed by atoms with Crippen molar-refractivity contribution in [3.63, 3.8) is 0 Å². The number of hydrogen-bond donors (Lipinski definition) is 0. The fraction of sp³-hybridized carbons (Fsp3) is 0.481. The molecule has 1 aliphatic heterocycles. The minimum atomic E-state index is -4.67. The Morgan fingerprint density at radius 3 is 2.21 bits per heavy atom. The minimum Gasteiger partial charge on any atom is -0.340 e. The second-order valence-electron chi connectivity index (χ2n) is 10.2. The summed E-state index contributed by atoms with van der Waals surface area (Å²) in [6.07, 6.45) is -5.29. The second kappa shape index (κ2) is 10.9. The largest absolute Gasteiger partial charge is 0.416 e. The molecule has 0 N–H and O–H groups in total. The van der Waals surface area contributed by atoms with E-state index in [0.29, 0.717) is 5.56 Å². The van der Waals surface area contributed by atoms with Gasteiger partial charge in [0.15, 0.2) is 0 Å². The van der Waals surface area contributed by atoms with Crippen molar-refractivity contribution in [1.29, 1.82) is 0 Å². The van der Waals surface area contributed by atoms with Crippen LogP contribution in [0.15, 0.2) is 42.5 Å². The molecule has 0 bridgehead atoms. The van der Waals surface area contributed by atoms with Crippen LogP contribution in [0.5, 0.6) is 0 Å². The number of nitrogens with zero attached hydrogens (tertiary/aromatic N) is 3. The molecule has 2 fully saturated rings. The number of hydrogen-bond acceptors (Lipinski definition) is 2. The third-order valence-corrected chi connectivity index (χ3v) is 7.87. The maximum absolute atomic E-state index is 13.6. The molecule has 1 saturated heterocycles. The van der Waals surface area contributed by atoms with E-state index in [-0.39, 0.29) is 55.4 Å². The monoisotopic (exact) mass is 575 g/mol. The van der Waals surface area contributed by atoms with Crippen molar-refractivity contribution in [2.45, 2.75) is 49.7 Å². The number of amides is 3. The van der Waals surface area contributed by atoms with Crippen LogP contribution in [0.2, 0.25) is 5.02 Å². The maximum atomic E-state index is 13.6. The number of rotatable bonds is 4. The highest BCUT2D eigenvalue weighted by Crippen LogP contribution is 2.39. The summed E-state index contributed by atoms with van der Waals surface area (Å²) >= 11 is 5.90. The van der Waals surface area contributed by atoms with Crippen LogP contribution in [-0.4, -0.2) is 60.9 Å². The van der Waals surface area contributed by atoms with Gasteiger partial charge < -0.3 is 9.80 Å². The number of urea groups is 1. The second-order valence-corrected chi connectivity index (χ2v) is 10.7. The number of carbonyl (C=O) groups excluding carboxylic acids is 2. The number of benzene rings is 2. The van der Waals surface area contributed by atoms with Crippen LogP contribution >= 0.6 is 11.6 Å². The maximum Gasteiger partial charge on any atom is 0.416 e. The Hall–Kier alpha value is -2.95. The first-order chi connectivity index (χ1) is 18.2. The average Bonchev–Trinajstić information content (AvgIpc) is 3.32. The van der Waals surface area contributed by atoms with Gasteiger partial charge in [0.05, 0.1) is 11.6 Å². The van der Waals surface area contributed by atoms with Gasteiger partial charge in [-0.3, -0.25) is 9.69 Å². The molecule has 0 aromatic heterocycles. The molecule has 0 unspecified atom stereocenters. The van der Waals surface area contributed by atoms with Gasteiger partial charge in [-0.05, 0) is 48.7 Å². The Kier molecular flexibility index (Phi) is 8.12. The summed E-state index contributed by atoms with van der Waals surface area (Å²) in [6.45, 7) is 0.270. The number of halogens is 7. The number of anilines is 1. The van der Waals surface area contributed by atoms with Gasteiger partial charge in [-0.25, -0.2) is 18.0 Å². The normalized spacial score (nSPS) is 21.6. The zero-order valence-corrected chi connectivity index (χ0v) is 22.1. The van der Waals surface area contributed by atoms with E-state index in [1.165, 1.54) is 42.1 Å². The molecule has 2 aromatic carbocycles. The van der Waals surface area contributed by atoms with E-state index in [4.69, 9.17) is 11.6 Å². The van der Waals surface area contributed by atoms with Crippen LogP contribution in [0.1, 0.15) is 42.7 Å². The molecule has 3 amide bonds. The molecule has 39 heavy (non-hydrogen) atoms. The molecule has 1 aliphatic carbocycles. The van der Waals surface area contributed by atoms with Crippen LogP contribution in [0.3, 0.4) is 0 Å². The summed E-state index contributed by atoms with van der Waals surface area (Å²) in [6, 6.07) is 7.20. The van der Waals surface area contributed by atoms with Gasteiger partial charge in [-0.1, -0.05) is 23.7 Å². The van der Waals surface area contributed by atoms with E-state index in [0.717, 1.165) is 17.0 Å². The number of likely N-dealkylation sites (tertiary alicyclic amines) is 1. The number of likely N-dealkylation sites (N-methyl/N-ethyl adjacent to an activating group) is 1. The van der Waals surface area contributed by atoms with Crippen molar-refractivity contribution in [2.75, 3.05) is 32.1 Å². The van der Waals surface area contributed by atoms with Gasteiger partial charge >= 0.3 is 12.2 Å². The number of alkyl halides is 5. The van der Waals surface area contributed by atoms with Crippen LogP contribution in [0, 0.1) is 11.7 Å².